The van der Waals surface area contributed by atoms with Crippen LogP contribution in [0.4, 0.5) is 5.95 Å². The summed E-state index contributed by atoms with van der Waals surface area (Å²) in [6.45, 7) is 0.536. The van der Waals surface area contributed by atoms with Gasteiger partial charge >= 0.3 is 0 Å². The lowest BCUT2D eigenvalue weighted by Crippen LogP contribution is -2.35. The zero-order chi connectivity index (χ0) is 24.1. The number of nitrogens with zero attached hydrogens (tertiary/aromatic N) is 4. The molecule has 1 aromatic carbocycles. The number of aromatic amines is 1. The third-order valence-corrected chi connectivity index (χ3v) is 5.78. The Balaban J connectivity index is 1.68. The van der Waals surface area contributed by atoms with Gasteiger partial charge in [-0.2, -0.15) is 0 Å². The number of aliphatic imine (C=N–C) groups is 1. The van der Waals surface area contributed by atoms with Crippen molar-refractivity contribution in [3.8, 4) is 22.8 Å². The molecule has 2 unspecified atom stereocenters. The van der Waals surface area contributed by atoms with Gasteiger partial charge in [-0.1, -0.05) is 30.3 Å². The molecule has 2 aromatic heterocycles. The summed E-state index contributed by atoms with van der Waals surface area (Å²) < 4.78 is 30.4. The summed E-state index contributed by atoms with van der Waals surface area (Å²) in [6.07, 6.45) is 5.45. The average molecular weight is 483 g/mol. The van der Waals surface area contributed by atoms with Crippen molar-refractivity contribution in [3.05, 3.63) is 54.4 Å². The first kappa shape index (κ1) is 23.7. The summed E-state index contributed by atoms with van der Waals surface area (Å²) in [4.78, 5) is 21.4. The fraction of sp³-hybridized carbons (Fsp3) is 0.273. The maximum Gasteiger partial charge on any atom is 0.223 e. The second kappa shape index (κ2) is 10.2. The molecule has 0 spiro atoms. The highest BCUT2D eigenvalue weighted by Gasteiger charge is 2.23. The number of methoxy groups -OCH3 is 1. The molecule has 0 radical (unpaired) electrons. The number of dihydropyridines is 1. The molecule has 4 rings (SSSR count). The van der Waals surface area contributed by atoms with Crippen LogP contribution in [0.15, 0.2) is 53.7 Å². The number of hydrogen-bond donors (Lipinski definition) is 4. The molecule has 1 aliphatic rings. The van der Waals surface area contributed by atoms with Gasteiger partial charge in [-0.3, -0.25) is 4.99 Å². The van der Waals surface area contributed by atoms with E-state index in [0.29, 0.717) is 35.4 Å². The summed E-state index contributed by atoms with van der Waals surface area (Å²) in [5.74, 6) is 1.03. The van der Waals surface area contributed by atoms with Crippen molar-refractivity contribution in [3.63, 3.8) is 0 Å². The van der Waals surface area contributed by atoms with Gasteiger partial charge in [0, 0.05) is 43.7 Å². The van der Waals surface area contributed by atoms with E-state index in [1.54, 1.807) is 25.6 Å². The second-order valence-electron chi connectivity index (χ2n) is 7.62. The van der Waals surface area contributed by atoms with E-state index in [2.05, 4.69) is 30.0 Å². The van der Waals surface area contributed by atoms with Crippen molar-refractivity contribution in [1.82, 2.24) is 24.7 Å². The number of nitrogens with two attached hydrogens (primary N) is 1. The zero-order valence-corrected chi connectivity index (χ0v) is 19.6. The van der Waals surface area contributed by atoms with E-state index in [0.717, 1.165) is 17.4 Å². The minimum Gasteiger partial charge on any atom is -0.374 e. The van der Waals surface area contributed by atoms with Crippen LogP contribution in [0.25, 0.3) is 28.3 Å². The van der Waals surface area contributed by atoms with Crippen LogP contribution >= 0.6 is 0 Å². The van der Waals surface area contributed by atoms with Crippen LogP contribution in [0.5, 0.6) is 0 Å². The van der Waals surface area contributed by atoms with Crippen LogP contribution in [0, 0.1) is 0 Å². The first-order valence-corrected chi connectivity index (χ1v) is 12.4. The number of benzene rings is 1. The first-order valence-electron chi connectivity index (χ1n) is 10.5. The molecule has 0 fully saturated rings. The Morgan fingerprint density at radius 1 is 1.15 bits per heavy atom. The Kier molecular flexibility index (Phi) is 7.12. The van der Waals surface area contributed by atoms with Gasteiger partial charge in [0.1, 0.15) is 18.1 Å². The van der Waals surface area contributed by atoms with E-state index in [1.165, 1.54) is 0 Å². The summed E-state index contributed by atoms with van der Waals surface area (Å²) >= 11 is 0. The highest BCUT2D eigenvalue weighted by molar-refractivity contribution is 7.88. The summed E-state index contributed by atoms with van der Waals surface area (Å²) in [7, 11) is -1.68. The molecule has 1 aliphatic heterocycles. The smallest absolute Gasteiger partial charge is 0.223 e. The highest BCUT2D eigenvalue weighted by atomic mass is 32.2. The van der Waals surface area contributed by atoms with Gasteiger partial charge < -0.3 is 20.8 Å². The van der Waals surface area contributed by atoms with Crippen molar-refractivity contribution >= 4 is 27.8 Å². The molecule has 5 N–H and O–H groups in total. The maximum absolute atomic E-state index is 11.2. The zero-order valence-electron chi connectivity index (χ0n) is 18.8. The van der Waals surface area contributed by atoms with Gasteiger partial charge in [0.05, 0.1) is 23.3 Å². The van der Waals surface area contributed by atoms with Crippen LogP contribution in [0.3, 0.4) is 0 Å². The lowest BCUT2D eigenvalue weighted by Gasteiger charge is -2.20. The first-order chi connectivity index (χ1) is 16.3. The van der Waals surface area contributed by atoms with Crippen LogP contribution in [0.1, 0.15) is 5.69 Å². The van der Waals surface area contributed by atoms with Crippen LogP contribution in [-0.4, -0.2) is 73.3 Å². The van der Waals surface area contributed by atoms with Crippen molar-refractivity contribution < 1.29 is 13.2 Å². The van der Waals surface area contributed by atoms with Gasteiger partial charge in [-0.25, -0.2) is 28.1 Å². The number of sulfonamides is 1. The minimum absolute atomic E-state index is 0.210. The quantitative estimate of drug-likeness (QED) is 0.332. The Labute approximate surface area is 197 Å². The van der Waals surface area contributed by atoms with Gasteiger partial charge in [0.15, 0.2) is 0 Å². The Hall–Kier alpha value is -3.45. The van der Waals surface area contributed by atoms with Crippen molar-refractivity contribution in [2.24, 2.45) is 10.7 Å². The molecule has 0 saturated heterocycles. The lowest BCUT2D eigenvalue weighted by molar-refractivity contribution is 0.120. The molecule has 0 bridgehead atoms. The lowest BCUT2D eigenvalue weighted by atomic mass is 10.0. The fourth-order valence-electron chi connectivity index (χ4n) is 3.41. The molecule has 12 heteroatoms. The number of anilines is 1. The molecule has 34 heavy (non-hydrogen) atoms. The summed E-state index contributed by atoms with van der Waals surface area (Å²) in [5.41, 5.74) is 9.63. The molecule has 2 atom stereocenters. The second-order valence-corrected chi connectivity index (χ2v) is 9.46. The maximum atomic E-state index is 11.2. The number of hydrogen-bond acceptors (Lipinski definition) is 9. The molecule has 0 aliphatic carbocycles. The topological polar surface area (TPSA) is 160 Å². The standard InChI is InChI=1S/C22H26N8O3S/c1-33-17-12-15(13-26-20(17)23)18-19(30-21(29-18)14-6-4-3-5-7-14)16-8-9-24-22(28-16)25-10-11-27-34(2,31)32/h3-9,12-13,17,20,27H,10-11,23H2,1-2H3,(H,29,30)(H,24,25,28). The van der Waals surface area contributed by atoms with E-state index < -0.39 is 16.2 Å². The van der Waals surface area contributed by atoms with Gasteiger partial charge in [-0.15, -0.1) is 0 Å². The number of aromatic nitrogens is 4. The number of allylic oxidation sites excluding steroid dienone is 1. The van der Waals surface area contributed by atoms with Crippen LogP contribution in [-0.2, 0) is 14.8 Å². The summed E-state index contributed by atoms with van der Waals surface area (Å²) in [6, 6.07) is 11.5. The minimum atomic E-state index is -3.26. The fourth-order valence-corrected chi connectivity index (χ4v) is 3.88. The van der Waals surface area contributed by atoms with E-state index in [-0.39, 0.29) is 12.6 Å². The van der Waals surface area contributed by atoms with Crippen LogP contribution in [0.2, 0.25) is 0 Å². The number of nitrogens with one attached hydrogen (secondary N) is 3. The predicted molar refractivity (Wildman–Crippen MR) is 132 cm³/mol. The molecule has 3 heterocycles. The summed E-state index contributed by atoms with van der Waals surface area (Å²) in [5, 5.41) is 3.03. The van der Waals surface area contributed by atoms with Gasteiger partial charge in [0.2, 0.25) is 16.0 Å². The number of rotatable bonds is 9. The molecule has 0 saturated carbocycles. The molecular formula is C22H26N8O3S. The molecular weight excluding hydrogens is 456 g/mol. The normalized spacial score (nSPS) is 18.0. The average Bonchev–Trinajstić information content (AvgIpc) is 3.28. The van der Waals surface area contributed by atoms with Crippen molar-refractivity contribution in [2.45, 2.75) is 12.3 Å². The molecule has 11 nitrogen and oxygen atoms in total. The van der Waals surface area contributed by atoms with Gasteiger partial charge in [-0.05, 0) is 12.1 Å². The van der Waals surface area contributed by atoms with Crippen molar-refractivity contribution in [1.29, 1.82) is 0 Å². The number of imidazole rings is 1. The molecule has 178 valence electrons. The van der Waals surface area contributed by atoms with Crippen LogP contribution < -0.4 is 15.8 Å². The largest absolute Gasteiger partial charge is 0.374 e. The van der Waals surface area contributed by atoms with Gasteiger partial charge in [0.25, 0.3) is 0 Å². The Morgan fingerprint density at radius 3 is 2.68 bits per heavy atom. The third kappa shape index (κ3) is 5.72. The number of H-pyrrole nitrogens is 1. The Bertz CT molecular complexity index is 1300. The van der Waals surface area contributed by atoms with E-state index in [1.807, 2.05) is 36.4 Å². The third-order valence-electron chi connectivity index (χ3n) is 5.05. The van der Waals surface area contributed by atoms with E-state index in [9.17, 15) is 8.42 Å². The number of ether oxygens (including phenoxy) is 1. The van der Waals surface area contributed by atoms with Crippen molar-refractivity contribution in [2.75, 3.05) is 31.8 Å². The van der Waals surface area contributed by atoms with E-state index >= 15 is 0 Å². The predicted octanol–water partition coefficient (Wildman–Crippen LogP) is 1.26. The highest BCUT2D eigenvalue weighted by Crippen LogP contribution is 2.30. The Morgan fingerprint density at radius 2 is 1.94 bits per heavy atom. The van der Waals surface area contributed by atoms with E-state index in [4.69, 9.17) is 15.5 Å². The monoisotopic (exact) mass is 482 g/mol. The molecule has 3 aromatic rings. The SMILES string of the molecule is COC1C=C(c2nc(-c3ccccc3)[nH]c2-c2ccnc(NCCNS(C)(=O)=O)n2)C=NC1N. The molecule has 0 amide bonds.